The van der Waals surface area contributed by atoms with Crippen molar-refractivity contribution in [1.82, 2.24) is 5.32 Å². The van der Waals surface area contributed by atoms with Crippen molar-refractivity contribution in [2.45, 2.75) is 19.1 Å². The van der Waals surface area contributed by atoms with Gasteiger partial charge in [-0.05, 0) is 36.2 Å². The summed E-state index contributed by atoms with van der Waals surface area (Å²) in [4.78, 5) is 0. The van der Waals surface area contributed by atoms with Crippen LogP contribution < -0.4 is 5.32 Å². The highest BCUT2D eigenvalue weighted by Gasteiger charge is 2.32. The highest BCUT2D eigenvalue weighted by atomic mass is 35.5. The monoisotopic (exact) mass is 235 g/mol. The lowest BCUT2D eigenvalue weighted by Crippen LogP contribution is -2.24. The summed E-state index contributed by atoms with van der Waals surface area (Å²) in [5.74, 6) is 0. The highest BCUT2D eigenvalue weighted by molar-refractivity contribution is 6.31. The fourth-order valence-corrected chi connectivity index (χ4v) is 2.06. The number of rotatable bonds is 0. The predicted octanol–water partition coefficient (Wildman–Crippen LogP) is 3.00. The Kier molecular flexibility index (Phi) is 2.64. The second kappa shape index (κ2) is 3.68. The third-order valence-corrected chi connectivity index (χ3v) is 2.82. The van der Waals surface area contributed by atoms with Crippen molar-refractivity contribution in [2.24, 2.45) is 0 Å². The summed E-state index contributed by atoms with van der Waals surface area (Å²) in [5.41, 5.74) is 0.819. The zero-order chi connectivity index (χ0) is 11.1. The van der Waals surface area contributed by atoms with Gasteiger partial charge in [0.2, 0.25) is 0 Å². The third kappa shape index (κ3) is 2.11. The lowest BCUT2D eigenvalue weighted by molar-refractivity contribution is -0.137. The largest absolute Gasteiger partial charge is 0.416 e. The second-order valence-electron chi connectivity index (χ2n) is 3.52. The predicted molar refractivity (Wildman–Crippen MR) is 51.9 cm³/mol. The Labute approximate surface area is 90.2 Å². The van der Waals surface area contributed by atoms with Gasteiger partial charge in [-0.3, -0.25) is 0 Å². The zero-order valence-electron chi connectivity index (χ0n) is 7.79. The molecule has 0 aliphatic carbocycles. The number of alkyl halides is 3. The van der Waals surface area contributed by atoms with E-state index in [1.165, 1.54) is 6.07 Å². The molecule has 5 heteroatoms. The fourth-order valence-electron chi connectivity index (χ4n) is 1.73. The van der Waals surface area contributed by atoms with Crippen molar-refractivity contribution < 1.29 is 13.2 Å². The van der Waals surface area contributed by atoms with Crippen LogP contribution in [0.15, 0.2) is 12.1 Å². The molecule has 1 N–H and O–H groups in total. The zero-order valence-corrected chi connectivity index (χ0v) is 8.54. The Morgan fingerprint density at radius 3 is 2.67 bits per heavy atom. The minimum atomic E-state index is -4.32. The topological polar surface area (TPSA) is 12.0 Å². The van der Waals surface area contributed by atoms with Gasteiger partial charge >= 0.3 is 6.18 Å². The van der Waals surface area contributed by atoms with Crippen LogP contribution in [0.1, 0.15) is 16.7 Å². The molecular formula is C10H9ClF3N. The maximum absolute atomic E-state index is 12.5. The van der Waals surface area contributed by atoms with E-state index >= 15 is 0 Å². The quantitative estimate of drug-likeness (QED) is 0.729. The summed E-state index contributed by atoms with van der Waals surface area (Å²) >= 11 is 5.83. The number of hydrogen-bond acceptors (Lipinski definition) is 1. The average molecular weight is 236 g/mol. The molecule has 0 aromatic heterocycles. The molecule has 0 bridgehead atoms. The first kappa shape index (κ1) is 10.8. The molecule has 1 aliphatic heterocycles. The Morgan fingerprint density at radius 1 is 1.27 bits per heavy atom. The van der Waals surface area contributed by atoms with Gasteiger partial charge in [0, 0.05) is 11.6 Å². The van der Waals surface area contributed by atoms with E-state index < -0.39 is 11.7 Å². The van der Waals surface area contributed by atoms with E-state index in [-0.39, 0.29) is 5.02 Å². The van der Waals surface area contributed by atoms with E-state index in [9.17, 15) is 13.2 Å². The van der Waals surface area contributed by atoms with Gasteiger partial charge in [0.25, 0.3) is 0 Å². The minimum absolute atomic E-state index is 0.223. The Bertz CT molecular complexity index is 387. The lowest BCUT2D eigenvalue weighted by atomic mass is 9.98. The molecule has 0 atom stereocenters. The molecule has 1 aromatic carbocycles. The van der Waals surface area contributed by atoms with Crippen LogP contribution in [-0.4, -0.2) is 6.54 Å². The maximum atomic E-state index is 12.5. The molecule has 0 saturated heterocycles. The first-order valence-electron chi connectivity index (χ1n) is 4.57. The second-order valence-corrected chi connectivity index (χ2v) is 3.93. The van der Waals surface area contributed by atoms with Gasteiger partial charge in [0.05, 0.1) is 5.56 Å². The molecule has 1 aliphatic rings. The van der Waals surface area contributed by atoms with Crippen LogP contribution in [-0.2, 0) is 19.1 Å². The number of nitrogens with one attached hydrogen (secondary N) is 1. The van der Waals surface area contributed by atoms with Crippen LogP contribution in [0.4, 0.5) is 13.2 Å². The Hall–Kier alpha value is -0.740. The molecule has 15 heavy (non-hydrogen) atoms. The summed E-state index contributed by atoms with van der Waals surface area (Å²) < 4.78 is 37.4. The van der Waals surface area contributed by atoms with E-state index in [1.54, 1.807) is 0 Å². The fraction of sp³-hybridized carbons (Fsp3) is 0.400. The summed E-state index contributed by atoms with van der Waals surface area (Å²) in [5, 5.41) is 3.24. The van der Waals surface area contributed by atoms with Crippen LogP contribution >= 0.6 is 11.6 Å². The van der Waals surface area contributed by atoms with Crippen molar-refractivity contribution in [3.63, 3.8) is 0 Å². The number of hydrogen-bond donors (Lipinski definition) is 1. The molecule has 1 heterocycles. The lowest BCUT2D eigenvalue weighted by Gasteiger charge is -2.20. The summed E-state index contributed by atoms with van der Waals surface area (Å²) in [6.45, 7) is 1.22. The molecule has 0 radical (unpaired) electrons. The molecular weight excluding hydrogens is 227 g/mol. The van der Waals surface area contributed by atoms with E-state index in [0.29, 0.717) is 18.5 Å². The van der Waals surface area contributed by atoms with Crippen molar-refractivity contribution in [3.8, 4) is 0 Å². The normalized spacial score (nSPS) is 16.3. The average Bonchev–Trinajstić information content (AvgIpc) is 2.16. The molecule has 1 aromatic rings. The Morgan fingerprint density at radius 2 is 2.00 bits per heavy atom. The molecule has 82 valence electrons. The molecule has 1 nitrogen and oxygen atoms in total. The molecule has 0 fully saturated rings. The Balaban J connectivity index is 2.50. The van der Waals surface area contributed by atoms with Crippen molar-refractivity contribution >= 4 is 11.6 Å². The summed E-state index contributed by atoms with van der Waals surface area (Å²) in [6.07, 6.45) is -3.64. The molecule has 2 rings (SSSR count). The number of fused-ring (bicyclic) bond motifs is 1. The van der Waals surface area contributed by atoms with Crippen LogP contribution in [0.2, 0.25) is 5.02 Å². The third-order valence-electron chi connectivity index (χ3n) is 2.48. The van der Waals surface area contributed by atoms with Gasteiger partial charge in [-0.2, -0.15) is 13.2 Å². The first-order valence-corrected chi connectivity index (χ1v) is 4.95. The van der Waals surface area contributed by atoms with Gasteiger partial charge in [0.15, 0.2) is 0 Å². The van der Waals surface area contributed by atoms with Gasteiger partial charge < -0.3 is 5.32 Å². The van der Waals surface area contributed by atoms with E-state index in [0.717, 1.165) is 18.2 Å². The maximum Gasteiger partial charge on any atom is 0.416 e. The van der Waals surface area contributed by atoms with Crippen LogP contribution in [0.5, 0.6) is 0 Å². The van der Waals surface area contributed by atoms with Crippen molar-refractivity contribution in [2.75, 3.05) is 6.54 Å². The van der Waals surface area contributed by atoms with Crippen LogP contribution in [0.25, 0.3) is 0 Å². The van der Waals surface area contributed by atoms with Gasteiger partial charge in [0.1, 0.15) is 0 Å². The van der Waals surface area contributed by atoms with Gasteiger partial charge in [-0.15, -0.1) is 0 Å². The SMILES string of the molecule is FC(F)(F)c1cc(Cl)c2c(c1)CNCC2. The molecule has 0 spiro atoms. The van der Waals surface area contributed by atoms with E-state index in [1.807, 2.05) is 0 Å². The van der Waals surface area contributed by atoms with Gasteiger partial charge in [-0.25, -0.2) is 0 Å². The first-order chi connectivity index (χ1) is 6.98. The van der Waals surface area contributed by atoms with Gasteiger partial charge in [-0.1, -0.05) is 11.6 Å². The van der Waals surface area contributed by atoms with Crippen LogP contribution in [0, 0.1) is 0 Å². The highest BCUT2D eigenvalue weighted by Crippen LogP contribution is 2.34. The van der Waals surface area contributed by atoms with E-state index in [4.69, 9.17) is 11.6 Å². The summed E-state index contributed by atoms with van der Waals surface area (Å²) in [7, 11) is 0. The molecule has 0 saturated carbocycles. The number of benzene rings is 1. The van der Waals surface area contributed by atoms with E-state index in [2.05, 4.69) is 5.32 Å². The minimum Gasteiger partial charge on any atom is -0.312 e. The van der Waals surface area contributed by atoms with Crippen molar-refractivity contribution in [1.29, 1.82) is 0 Å². The standard InChI is InChI=1S/C10H9ClF3N/c11-9-4-7(10(12,13)14)3-6-5-15-2-1-8(6)9/h3-4,15H,1-2,5H2. The summed E-state index contributed by atoms with van der Waals surface area (Å²) in [6, 6.07) is 2.18. The number of halogens is 4. The van der Waals surface area contributed by atoms with Crippen molar-refractivity contribution in [3.05, 3.63) is 33.8 Å². The molecule has 0 unspecified atom stereocenters. The molecule has 0 amide bonds. The smallest absolute Gasteiger partial charge is 0.312 e. The van der Waals surface area contributed by atoms with Crippen LogP contribution in [0.3, 0.4) is 0 Å².